The van der Waals surface area contributed by atoms with Crippen LogP contribution in [-0.2, 0) is 4.74 Å². The van der Waals surface area contributed by atoms with Crippen molar-refractivity contribution in [2.45, 2.75) is 0 Å². The van der Waals surface area contributed by atoms with Crippen LogP contribution in [0.4, 0.5) is 0 Å². The van der Waals surface area contributed by atoms with E-state index in [1.165, 1.54) is 14.2 Å². The van der Waals surface area contributed by atoms with E-state index in [0.29, 0.717) is 30.2 Å². The summed E-state index contributed by atoms with van der Waals surface area (Å²) in [6, 6.07) is 4.95. The highest BCUT2D eigenvalue weighted by molar-refractivity contribution is 5.94. The maximum atomic E-state index is 11.8. The van der Waals surface area contributed by atoms with Crippen LogP contribution in [0.2, 0.25) is 0 Å². The van der Waals surface area contributed by atoms with Crippen LogP contribution in [0.1, 0.15) is 10.4 Å². The van der Waals surface area contributed by atoms with E-state index in [1.54, 1.807) is 18.2 Å². The molecule has 0 atom stereocenters. The fourth-order valence-electron chi connectivity index (χ4n) is 1.48. The highest BCUT2D eigenvalue weighted by Crippen LogP contribution is 2.27. The summed E-state index contributed by atoms with van der Waals surface area (Å²) < 4.78 is 15.3. The number of methoxy groups -OCH3 is 2. The van der Waals surface area contributed by atoms with Crippen molar-refractivity contribution in [3.8, 4) is 11.5 Å². The van der Waals surface area contributed by atoms with Gasteiger partial charge in [-0.1, -0.05) is 0 Å². The number of nitrogens with one attached hydrogen (secondary N) is 1. The van der Waals surface area contributed by atoms with E-state index in [0.717, 1.165) is 0 Å². The Morgan fingerprint density at radius 2 is 1.95 bits per heavy atom. The van der Waals surface area contributed by atoms with E-state index in [-0.39, 0.29) is 19.1 Å². The largest absolute Gasteiger partial charge is 0.493 e. The third kappa shape index (κ3) is 4.76. The average Bonchev–Trinajstić information content (AvgIpc) is 2.46. The lowest BCUT2D eigenvalue weighted by Crippen LogP contribution is -2.27. The first-order chi connectivity index (χ1) is 9.22. The molecule has 0 heterocycles. The van der Waals surface area contributed by atoms with Gasteiger partial charge >= 0.3 is 0 Å². The van der Waals surface area contributed by atoms with E-state index < -0.39 is 0 Å². The molecule has 0 unspecified atom stereocenters. The van der Waals surface area contributed by atoms with Crippen LogP contribution in [-0.4, -0.2) is 51.6 Å². The van der Waals surface area contributed by atoms with Gasteiger partial charge in [0.15, 0.2) is 11.5 Å². The highest BCUT2D eigenvalue weighted by Gasteiger charge is 2.10. The van der Waals surface area contributed by atoms with Crippen molar-refractivity contribution >= 4 is 5.91 Å². The van der Waals surface area contributed by atoms with Crippen LogP contribution in [0.3, 0.4) is 0 Å². The fraction of sp³-hybridized carbons (Fsp3) is 0.462. The summed E-state index contributed by atoms with van der Waals surface area (Å²) in [5.74, 6) is 0.866. The molecule has 1 aromatic carbocycles. The first-order valence-corrected chi connectivity index (χ1v) is 5.91. The molecule has 0 aromatic heterocycles. The minimum Gasteiger partial charge on any atom is -0.493 e. The number of hydrogen-bond acceptors (Lipinski definition) is 5. The Labute approximate surface area is 112 Å². The topological polar surface area (TPSA) is 77.0 Å². The molecule has 0 spiro atoms. The SMILES string of the molecule is COc1ccc(C(=O)NCCOCCO)cc1OC. The van der Waals surface area contributed by atoms with Gasteiger partial charge in [-0.05, 0) is 18.2 Å². The van der Waals surface area contributed by atoms with Crippen LogP contribution in [0.5, 0.6) is 11.5 Å². The lowest BCUT2D eigenvalue weighted by atomic mass is 10.2. The molecule has 6 nitrogen and oxygen atoms in total. The Kier molecular flexibility index (Phi) is 6.70. The minimum atomic E-state index is -0.214. The summed E-state index contributed by atoms with van der Waals surface area (Å²) in [5.41, 5.74) is 0.486. The molecule has 106 valence electrons. The van der Waals surface area contributed by atoms with Gasteiger partial charge in [-0.15, -0.1) is 0 Å². The van der Waals surface area contributed by atoms with E-state index in [4.69, 9.17) is 19.3 Å². The molecule has 0 radical (unpaired) electrons. The van der Waals surface area contributed by atoms with E-state index in [2.05, 4.69) is 5.32 Å². The second kappa shape index (κ2) is 8.34. The zero-order valence-corrected chi connectivity index (χ0v) is 11.1. The molecule has 0 aliphatic heterocycles. The van der Waals surface area contributed by atoms with Gasteiger partial charge < -0.3 is 24.6 Å². The van der Waals surface area contributed by atoms with Gasteiger partial charge in [-0.2, -0.15) is 0 Å². The molecule has 0 saturated heterocycles. The third-order valence-corrected chi connectivity index (χ3v) is 2.41. The van der Waals surface area contributed by atoms with Crippen LogP contribution in [0.15, 0.2) is 18.2 Å². The number of carbonyl (C=O) groups is 1. The smallest absolute Gasteiger partial charge is 0.251 e. The van der Waals surface area contributed by atoms with Crippen LogP contribution >= 0.6 is 0 Å². The zero-order chi connectivity index (χ0) is 14.1. The predicted molar refractivity (Wildman–Crippen MR) is 69.8 cm³/mol. The fourth-order valence-corrected chi connectivity index (χ4v) is 1.48. The van der Waals surface area contributed by atoms with E-state index >= 15 is 0 Å². The van der Waals surface area contributed by atoms with Crippen molar-refractivity contribution in [3.63, 3.8) is 0 Å². The number of hydrogen-bond donors (Lipinski definition) is 2. The first-order valence-electron chi connectivity index (χ1n) is 5.91. The maximum Gasteiger partial charge on any atom is 0.251 e. The number of ether oxygens (including phenoxy) is 3. The third-order valence-electron chi connectivity index (χ3n) is 2.41. The van der Waals surface area contributed by atoms with Gasteiger partial charge in [-0.25, -0.2) is 0 Å². The molecule has 1 aromatic rings. The summed E-state index contributed by atoms with van der Waals surface area (Å²) in [5, 5.41) is 11.2. The summed E-state index contributed by atoms with van der Waals surface area (Å²) >= 11 is 0. The Balaban J connectivity index is 2.52. The van der Waals surface area contributed by atoms with E-state index in [9.17, 15) is 4.79 Å². The lowest BCUT2D eigenvalue weighted by Gasteiger charge is -2.10. The van der Waals surface area contributed by atoms with Crippen molar-refractivity contribution < 1.29 is 24.1 Å². The van der Waals surface area contributed by atoms with Gasteiger partial charge in [0.1, 0.15) is 0 Å². The quantitative estimate of drug-likeness (QED) is 0.670. The van der Waals surface area contributed by atoms with Gasteiger partial charge in [0.25, 0.3) is 5.91 Å². The number of amides is 1. The Morgan fingerprint density at radius 3 is 2.58 bits per heavy atom. The molecular formula is C13H19NO5. The Bertz CT molecular complexity index is 408. The molecular weight excluding hydrogens is 250 g/mol. The second-order valence-electron chi connectivity index (χ2n) is 3.66. The summed E-state index contributed by atoms with van der Waals surface area (Å²) in [7, 11) is 3.05. The van der Waals surface area contributed by atoms with Crippen LogP contribution < -0.4 is 14.8 Å². The maximum absolute atomic E-state index is 11.8. The predicted octanol–water partition coefficient (Wildman–Crippen LogP) is 0.442. The number of carbonyl (C=O) groups excluding carboxylic acids is 1. The molecule has 1 rings (SSSR count). The number of aliphatic hydroxyl groups is 1. The first kappa shape index (κ1) is 15.3. The molecule has 1 amide bonds. The molecule has 0 fully saturated rings. The Hall–Kier alpha value is -1.79. The summed E-state index contributed by atoms with van der Waals surface area (Å²) in [4.78, 5) is 11.8. The van der Waals surface area contributed by atoms with Crippen molar-refractivity contribution in [2.75, 3.05) is 40.6 Å². The molecule has 19 heavy (non-hydrogen) atoms. The second-order valence-corrected chi connectivity index (χ2v) is 3.66. The molecule has 0 aliphatic carbocycles. The zero-order valence-electron chi connectivity index (χ0n) is 11.1. The molecule has 6 heteroatoms. The van der Waals surface area contributed by atoms with Crippen molar-refractivity contribution in [1.82, 2.24) is 5.32 Å². The molecule has 2 N–H and O–H groups in total. The molecule has 0 aliphatic rings. The molecule has 0 bridgehead atoms. The normalized spacial score (nSPS) is 10.1. The van der Waals surface area contributed by atoms with Gasteiger partial charge in [0.2, 0.25) is 0 Å². The Morgan fingerprint density at radius 1 is 1.21 bits per heavy atom. The average molecular weight is 269 g/mol. The standard InChI is InChI=1S/C13H19NO5/c1-17-11-4-3-10(9-12(11)18-2)13(16)14-5-7-19-8-6-15/h3-4,9,15H,5-8H2,1-2H3,(H,14,16). The van der Waals surface area contributed by atoms with Gasteiger partial charge in [-0.3, -0.25) is 4.79 Å². The highest BCUT2D eigenvalue weighted by atomic mass is 16.5. The van der Waals surface area contributed by atoms with Gasteiger partial charge in [0, 0.05) is 12.1 Å². The van der Waals surface area contributed by atoms with Crippen molar-refractivity contribution in [1.29, 1.82) is 0 Å². The summed E-state index contributed by atoms with van der Waals surface area (Å²) in [6.45, 7) is 0.989. The monoisotopic (exact) mass is 269 g/mol. The number of aliphatic hydroxyl groups excluding tert-OH is 1. The lowest BCUT2D eigenvalue weighted by molar-refractivity contribution is 0.0838. The van der Waals surface area contributed by atoms with Crippen molar-refractivity contribution in [3.05, 3.63) is 23.8 Å². The van der Waals surface area contributed by atoms with Crippen LogP contribution in [0, 0.1) is 0 Å². The molecule has 0 saturated carbocycles. The number of rotatable bonds is 8. The van der Waals surface area contributed by atoms with Crippen LogP contribution in [0.25, 0.3) is 0 Å². The minimum absolute atomic E-state index is 0.0242. The van der Waals surface area contributed by atoms with E-state index in [1.807, 2.05) is 0 Å². The van der Waals surface area contributed by atoms with Gasteiger partial charge in [0.05, 0.1) is 34.0 Å². The van der Waals surface area contributed by atoms with Crippen molar-refractivity contribution in [2.24, 2.45) is 0 Å². The summed E-state index contributed by atoms with van der Waals surface area (Å²) in [6.07, 6.45) is 0. The number of benzene rings is 1.